The zero-order valence-electron chi connectivity index (χ0n) is 15.8. The molecular formula is C20H20ClN3O4S. The lowest BCUT2D eigenvalue weighted by atomic mass is 9.98. The monoisotopic (exact) mass is 433 g/mol. The van der Waals surface area contributed by atoms with Crippen LogP contribution < -0.4 is 10.1 Å². The number of ether oxygens (including phenoxy) is 1. The van der Waals surface area contributed by atoms with Gasteiger partial charge in [-0.1, -0.05) is 17.7 Å². The number of benzene rings is 2. The van der Waals surface area contributed by atoms with Crippen molar-refractivity contribution in [2.45, 2.75) is 17.7 Å². The molecular weight excluding hydrogens is 414 g/mol. The lowest BCUT2D eigenvalue weighted by Gasteiger charge is -2.31. The molecule has 1 fully saturated rings. The number of piperidine rings is 1. The van der Waals surface area contributed by atoms with Crippen LogP contribution in [0.15, 0.2) is 47.4 Å². The Hall–Kier alpha value is -2.60. The molecule has 29 heavy (non-hydrogen) atoms. The van der Waals surface area contributed by atoms with Crippen LogP contribution in [-0.2, 0) is 14.8 Å². The highest BCUT2D eigenvalue weighted by Gasteiger charge is 2.35. The van der Waals surface area contributed by atoms with Gasteiger partial charge in [-0.05, 0) is 49.2 Å². The van der Waals surface area contributed by atoms with Crippen molar-refractivity contribution in [2.24, 2.45) is 5.92 Å². The van der Waals surface area contributed by atoms with Crippen LogP contribution in [0.3, 0.4) is 0 Å². The highest BCUT2D eigenvalue weighted by atomic mass is 35.5. The van der Waals surface area contributed by atoms with Crippen LogP contribution in [0.4, 0.5) is 5.69 Å². The first kappa shape index (κ1) is 21.1. The molecule has 1 saturated heterocycles. The van der Waals surface area contributed by atoms with Crippen LogP contribution >= 0.6 is 11.6 Å². The van der Waals surface area contributed by atoms with Gasteiger partial charge in [0.1, 0.15) is 10.6 Å². The molecule has 0 aromatic heterocycles. The van der Waals surface area contributed by atoms with Crippen LogP contribution in [0, 0.1) is 17.2 Å². The quantitative estimate of drug-likeness (QED) is 0.780. The predicted octanol–water partition coefficient (Wildman–Crippen LogP) is 3.26. The number of halogens is 1. The van der Waals surface area contributed by atoms with Gasteiger partial charge in [-0.25, -0.2) is 8.42 Å². The van der Waals surface area contributed by atoms with Gasteiger partial charge < -0.3 is 10.1 Å². The van der Waals surface area contributed by atoms with E-state index in [0.29, 0.717) is 30.6 Å². The van der Waals surface area contributed by atoms with Gasteiger partial charge in [0.25, 0.3) is 0 Å². The number of anilines is 1. The van der Waals surface area contributed by atoms with Crippen molar-refractivity contribution in [1.82, 2.24) is 4.31 Å². The molecule has 3 rings (SSSR count). The molecule has 2 aromatic carbocycles. The molecule has 0 radical (unpaired) electrons. The van der Waals surface area contributed by atoms with Gasteiger partial charge in [0.2, 0.25) is 15.9 Å². The number of nitrogens with zero attached hydrogens (tertiary/aromatic N) is 2. The Morgan fingerprint density at radius 3 is 2.83 bits per heavy atom. The third kappa shape index (κ3) is 4.70. The summed E-state index contributed by atoms with van der Waals surface area (Å²) in [5.74, 6) is -0.582. The average Bonchev–Trinajstić information content (AvgIpc) is 2.74. The van der Waals surface area contributed by atoms with Crippen LogP contribution in [0.25, 0.3) is 0 Å². The minimum Gasteiger partial charge on any atom is -0.495 e. The molecule has 1 atom stereocenters. The van der Waals surface area contributed by atoms with E-state index in [2.05, 4.69) is 5.32 Å². The smallest absolute Gasteiger partial charge is 0.246 e. The molecule has 2 aromatic rings. The maximum absolute atomic E-state index is 13.1. The number of nitriles is 1. The molecule has 0 saturated carbocycles. The predicted molar refractivity (Wildman–Crippen MR) is 109 cm³/mol. The molecule has 9 heteroatoms. The van der Waals surface area contributed by atoms with E-state index in [1.165, 1.54) is 23.5 Å². The second-order valence-electron chi connectivity index (χ2n) is 6.68. The third-order valence-corrected chi connectivity index (χ3v) is 6.88. The SMILES string of the molecule is COc1ccc(Cl)cc1S(=O)(=O)N1CCCC(C(=O)Nc2cccc(C#N)c2)C1. The fraction of sp³-hybridized carbons (Fsp3) is 0.300. The molecule has 1 N–H and O–H groups in total. The summed E-state index contributed by atoms with van der Waals surface area (Å²) >= 11 is 5.99. The number of carbonyl (C=O) groups excluding carboxylic acids is 1. The van der Waals surface area contributed by atoms with Gasteiger partial charge in [-0.3, -0.25) is 4.79 Å². The van der Waals surface area contributed by atoms with E-state index in [1.54, 1.807) is 30.3 Å². The van der Waals surface area contributed by atoms with E-state index in [9.17, 15) is 13.2 Å². The highest BCUT2D eigenvalue weighted by molar-refractivity contribution is 7.89. The molecule has 1 aliphatic rings. The van der Waals surface area contributed by atoms with Crippen molar-refractivity contribution in [2.75, 3.05) is 25.5 Å². The zero-order chi connectivity index (χ0) is 21.0. The Kier molecular flexibility index (Phi) is 6.42. The fourth-order valence-corrected chi connectivity index (χ4v) is 5.22. The lowest BCUT2D eigenvalue weighted by Crippen LogP contribution is -2.43. The molecule has 1 heterocycles. The molecule has 7 nitrogen and oxygen atoms in total. The first-order chi connectivity index (χ1) is 13.8. The number of methoxy groups -OCH3 is 1. The summed E-state index contributed by atoms with van der Waals surface area (Å²) in [6.07, 6.45) is 1.13. The maximum Gasteiger partial charge on any atom is 0.246 e. The minimum absolute atomic E-state index is 0.0183. The van der Waals surface area contributed by atoms with E-state index in [0.717, 1.165) is 0 Å². The van der Waals surface area contributed by atoms with Crippen molar-refractivity contribution in [3.8, 4) is 11.8 Å². The van der Waals surface area contributed by atoms with Crippen LogP contribution in [0.1, 0.15) is 18.4 Å². The van der Waals surface area contributed by atoms with Crippen molar-refractivity contribution in [1.29, 1.82) is 5.26 Å². The summed E-state index contributed by atoms with van der Waals surface area (Å²) in [6, 6.07) is 13.0. The Morgan fingerprint density at radius 1 is 1.31 bits per heavy atom. The number of carbonyl (C=O) groups is 1. The van der Waals surface area contributed by atoms with Crippen LogP contribution in [-0.4, -0.2) is 38.8 Å². The number of amides is 1. The molecule has 0 bridgehead atoms. The van der Waals surface area contributed by atoms with Gasteiger partial charge in [0.15, 0.2) is 0 Å². The number of nitrogens with one attached hydrogen (secondary N) is 1. The Morgan fingerprint density at radius 2 is 2.10 bits per heavy atom. The van der Waals surface area contributed by atoms with Crippen molar-refractivity contribution in [3.63, 3.8) is 0 Å². The summed E-state index contributed by atoms with van der Waals surface area (Å²) in [6.45, 7) is 0.369. The van der Waals surface area contributed by atoms with Gasteiger partial charge in [-0.15, -0.1) is 0 Å². The van der Waals surface area contributed by atoms with E-state index in [-0.39, 0.29) is 28.1 Å². The topological polar surface area (TPSA) is 99.5 Å². The number of sulfonamides is 1. The highest BCUT2D eigenvalue weighted by Crippen LogP contribution is 2.32. The Bertz CT molecular complexity index is 1070. The average molecular weight is 434 g/mol. The summed E-state index contributed by atoms with van der Waals surface area (Å²) in [5, 5.41) is 12.0. The molecule has 1 aliphatic heterocycles. The van der Waals surface area contributed by atoms with E-state index in [1.807, 2.05) is 6.07 Å². The largest absolute Gasteiger partial charge is 0.495 e. The normalized spacial score (nSPS) is 17.3. The van der Waals surface area contributed by atoms with Crippen LogP contribution in [0.2, 0.25) is 5.02 Å². The lowest BCUT2D eigenvalue weighted by molar-refractivity contribution is -0.120. The Labute approximate surface area is 174 Å². The molecule has 1 amide bonds. The van der Waals surface area contributed by atoms with Gasteiger partial charge in [-0.2, -0.15) is 9.57 Å². The van der Waals surface area contributed by atoms with Gasteiger partial charge in [0.05, 0.1) is 24.7 Å². The molecule has 1 unspecified atom stereocenters. The van der Waals surface area contributed by atoms with E-state index >= 15 is 0 Å². The third-order valence-electron chi connectivity index (χ3n) is 4.76. The van der Waals surface area contributed by atoms with Crippen molar-refractivity contribution >= 4 is 33.2 Å². The van der Waals surface area contributed by atoms with Crippen molar-refractivity contribution in [3.05, 3.63) is 53.1 Å². The first-order valence-corrected chi connectivity index (χ1v) is 10.8. The first-order valence-electron chi connectivity index (χ1n) is 9.00. The van der Waals surface area contributed by atoms with Gasteiger partial charge in [0, 0.05) is 23.8 Å². The second-order valence-corrected chi connectivity index (χ2v) is 9.02. The fourth-order valence-electron chi connectivity index (χ4n) is 3.28. The maximum atomic E-state index is 13.1. The van der Waals surface area contributed by atoms with E-state index < -0.39 is 15.9 Å². The van der Waals surface area contributed by atoms with E-state index in [4.69, 9.17) is 21.6 Å². The van der Waals surface area contributed by atoms with Crippen LogP contribution in [0.5, 0.6) is 5.75 Å². The molecule has 152 valence electrons. The number of rotatable bonds is 5. The summed E-state index contributed by atoms with van der Waals surface area (Å²) in [4.78, 5) is 12.7. The summed E-state index contributed by atoms with van der Waals surface area (Å²) in [5.41, 5.74) is 0.939. The number of hydrogen-bond donors (Lipinski definition) is 1. The zero-order valence-corrected chi connectivity index (χ0v) is 17.3. The second kappa shape index (κ2) is 8.82. The summed E-state index contributed by atoms with van der Waals surface area (Å²) in [7, 11) is -2.48. The minimum atomic E-state index is -3.88. The van der Waals surface area contributed by atoms with Gasteiger partial charge >= 0.3 is 0 Å². The summed E-state index contributed by atoms with van der Waals surface area (Å²) < 4.78 is 32.8. The standard InChI is InChI=1S/C20H20ClN3O4S/c1-28-18-8-7-16(21)11-19(18)29(26,27)24-9-3-5-15(13-24)20(25)23-17-6-2-4-14(10-17)12-22/h2,4,6-8,10-11,15H,3,5,9,13H2,1H3,(H,23,25). The number of hydrogen-bond acceptors (Lipinski definition) is 5. The van der Waals surface area contributed by atoms with Crippen molar-refractivity contribution < 1.29 is 17.9 Å². The molecule has 0 aliphatic carbocycles. The Balaban J connectivity index is 1.78. The molecule has 0 spiro atoms.